The zero-order valence-corrected chi connectivity index (χ0v) is 16.9. The summed E-state index contributed by atoms with van der Waals surface area (Å²) in [5.74, 6) is 0.806. The number of rotatable bonds is 7. The maximum Gasteiger partial charge on any atom is 0.236 e. The van der Waals surface area contributed by atoms with Gasteiger partial charge in [0.1, 0.15) is 11.6 Å². The molecule has 1 saturated heterocycles. The third-order valence-corrected chi connectivity index (χ3v) is 5.77. The van der Waals surface area contributed by atoms with Gasteiger partial charge in [-0.05, 0) is 42.7 Å². The van der Waals surface area contributed by atoms with Crippen LogP contribution in [0.1, 0.15) is 18.4 Å². The summed E-state index contributed by atoms with van der Waals surface area (Å²) in [7, 11) is 1.66. The Kier molecular flexibility index (Phi) is 6.00. The van der Waals surface area contributed by atoms with Crippen LogP contribution in [0.15, 0.2) is 48.5 Å². The van der Waals surface area contributed by atoms with E-state index in [1.807, 2.05) is 28.0 Å². The number of nitrogens with zero attached hydrogens (tertiary/aromatic N) is 3. The van der Waals surface area contributed by atoms with Crippen molar-refractivity contribution in [2.24, 2.45) is 0 Å². The van der Waals surface area contributed by atoms with Crippen LogP contribution in [-0.2, 0) is 11.3 Å². The topological polar surface area (TPSA) is 36.0 Å². The monoisotopic (exact) mass is 397 g/mol. The molecule has 4 rings (SSSR count). The Labute approximate surface area is 171 Å². The minimum atomic E-state index is -0.202. The van der Waals surface area contributed by atoms with Crippen LogP contribution in [0.3, 0.4) is 0 Å². The SMILES string of the molecule is COc1ccc(CN(CC(=O)N2CCN(c3ccccc3F)CC2)C2CC2)cc1. The van der Waals surface area contributed by atoms with Gasteiger partial charge in [0.05, 0.1) is 19.3 Å². The molecule has 2 aromatic rings. The predicted octanol–water partition coefficient (Wildman–Crippen LogP) is 3.15. The Morgan fingerprint density at radius 3 is 2.38 bits per heavy atom. The lowest BCUT2D eigenvalue weighted by molar-refractivity contribution is -0.133. The van der Waals surface area contributed by atoms with E-state index in [1.165, 1.54) is 11.6 Å². The smallest absolute Gasteiger partial charge is 0.236 e. The number of carbonyl (C=O) groups is 1. The van der Waals surface area contributed by atoms with Crippen LogP contribution >= 0.6 is 0 Å². The highest BCUT2D eigenvalue weighted by Crippen LogP contribution is 2.29. The number of para-hydroxylation sites is 1. The molecule has 0 N–H and O–H groups in total. The zero-order valence-electron chi connectivity index (χ0n) is 16.9. The van der Waals surface area contributed by atoms with Crippen LogP contribution in [0.5, 0.6) is 5.75 Å². The van der Waals surface area contributed by atoms with E-state index < -0.39 is 0 Å². The van der Waals surface area contributed by atoms with Crippen molar-refractivity contribution < 1.29 is 13.9 Å². The average molecular weight is 397 g/mol. The molecule has 2 fully saturated rings. The first-order chi connectivity index (χ1) is 14.1. The molecule has 1 aliphatic heterocycles. The molecule has 1 amide bonds. The van der Waals surface area contributed by atoms with E-state index in [0.717, 1.165) is 25.1 Å². The number of piperazine rings is 1. The Morgan fingerprint density at radius 1 is 1.07 bits per heavy atom. The summed E-state index contributed by atoms with van der Waals surface area (Å²) in [6, 6.07) is 15.4. The molecule has 0 radical (unpaired) electrons. The van der Waals surface area contributed by atoms with E-state index in [2.05, 4.69) is 17.0 Å². The van der Waals surface area contributed by atoms with Crippen molar-refractivity contribution in [3.8, 4) is 5.75 Å². The molecule has 0 bridgehead atoms. The van der Waals surface area contributed by atoms with Gasteiger partial charge < -0.3 is 14.5 Å². The summed E-state index contributed by atoms with van der Waals surface area (Å²) in [4.78, 5) is 19.1. The Morgan fingerprint density at radius 2 is 1.76 bits per heavy atom. The normalized spacial score (nSPS) is 16.9. The van der Waals surface area contributed by atoms with E-state index in [-0.39, 0.29) is 11.7 Å². The second kappa shape index (κ2) is 8.82. The van der Waals surface area contributed by atoms with Crippen LogP contribution in [0, 0.1) is 5.82 Å². The lowest BCUT2D eigenvalue weighted by Crippen LogP contribution is -2.51. The largest absolute Gasteiger partial charge is 0.497 e. The van der Waals surface area contributed by atoms with Crippen molar-refractivity contribution in [1.29, 1.82) is 0 Å². The van der Waals surface area contributed by atoms with Crippen molar-refractivity contribution in [3.63, 3.8) is 0 Å². The van der Waals surface area contributed by atoms with Gasteiger partial charge in [0.15, 0.2) is 0 Å². The van der Waals surface area contributed by atoms with E-state index in [9.17, 15) is 9.18 Å². The Balaban J connectivity index is 1.32. The standard InChI is InChI=1S/C23H28FN3O2/c1-29-20-10-6-18(7-11-20)16-27(19-8-9-19)17-23(28)26-14-12-25(13-15-26)22-5-3-2-4-21(22)24/h2-7,10-11,19H,8-9,12-17H2,1H3. The summed E-state index contributed by atoms with van der Waals surface area (Å²) in [5.41, 5.74) is 1.81. The molecule has 0 unspecified atom stereocenters. The van der Waals surface area contributed by atoms with Crippen molar-refractivity contribution in [1.82, 2.24) is 9.80 Å². The summed E-state index contributed by atoms with van der Waals surface area (Å²) in [5, 5.41) is 0. The second-order valence-electron chi connectivity index (χ2n) is 7.80. The first-order valence-corrected chi connectivity index (χ1v) is 10.3. The molecular formula is C23H28FN3O2. The summed E-state index contributed by atoms with van der Waals surface area (Å²) >= 11 is 0. The summed E-state index contributed by atoms with van der Waals surface area (Å²) < 4.78 is 19.2. The summed E-state index contributed by atoms with van der Waals surface area (Å²) in [6.07, 6.45) is 2.31. The lowest BCUT2D eigenvalue weighted by Gasteiger charge is -2.37. The number of hydrogen-bond donors (Lipinski definition) is 0. The van der Waals surface area contributed by atoms with E-state index >= 15 is 0 Å². The Bertz CT molecular complexity index is 830. The van der Waals surface area contributed by atoms with Crippen LogP contribution in [0.25, 0.3) is 0 Å². The third kappa shape index (κ3) is 4.88. The maximum absolute atomic E-state index is 14.0. The number of hydrogen-bond acceptors (Lipinski definition) is 4. The van der Waals surface area contributed by atoms with Gasteiger partial charge in [-0.25, -0.2) is 4.39 Å². The molecular weight excluding hydrogens is 369 g/mol. The van der Waals surface area contributed by atoms with Gasteiger partial charge in [0.25, 0.3) is 0 Å². The molecule has 6 heteroatoms. The maximum atomic E-state index is 14.0. The third-order valence-electron chi connectivity index (χ3n) is 5.77. The summed E-state index contributed by atoms with van der Waals surface area (Å²) in [6.45, 7) is 3.80. The van der Waals surface area contributed by atoms with Crippen molar-refractivity contribution in [2.45, 2.75) is 25.4 Å². The number of carbonyl (C=O) groups excluding carboxylic acids is 1. The van der Waals surface area contributed by atoms with Gasteiger partial charge in [0.2, 0.25) is 5.91 Å². The number of ether oxygens (including phenoxy) is 1. The molecule has 154 valence electrons. The minimum absolute atomic E-state index is 0.165. The molecule has 1 heterocycles. The van der Waals surface area contributed by atoms with Gasteiger partial charge in [-0.15, -0.1) is 0 Å². The quantitative estimate of drug-likeness (QED) is 0.719. The molecule has 5 nitrogen and oxygen atoms in total. The fourth-order valence-electron chi connectivity index (χ4n) is 3.90. The van der Waals surface area contributed by atoms with Crippen LogP contribution < -0.4 is 9.64 Å². The number of amides is 1. The van der Waals surface area contributed by atoms with Gasteiger partial charge in [0, 0.05) is 38.8 Å². The molecule has 1 aliphatic carbocycles. The van der Waals surface area contributed by atoms with Gasteiger partial charge in [-0.3, -0.25) is 9.69 Å². The molecule has 0 aromatic heterocycles. The lowest BCUT2D eigenvalue weighted by atomic mass is 10.2. The molecule has 0 atom stereocenters. The van der Waals surface area contributed by atoms with Crippen LogP contribution in [-0.4, -0.2) is 61.6 Å². The number of anilines is 1. The first kappa shape index (κ1) is 19.7. The van der Waals surface area contributed by atoms with E-state index in [0.29, 0.717) is 44.5 Å². The van der Waals surface area contributed by atoms with E-state index in [1.54, 1.807) is 19.2 Å². The predicted molar refractivity (Wildman–Crippen MR) is 112 cm³/mol. The molecule has 0 spiro atoms. The number of methoxy groups -OCH3 is 1. The molecule has 2 aromatic carbocycles. The minimum Gasteiger partial charge on any atom is -0.497 e. The highest BCUT2D eigenvalue weighted by molar-refractivity contribution is 5.78. The zero-order chi connectivity index (χ0) is 20.2. The number of halogens is 1. The molecule has 2 aliphatic rings. The van der Waals surface area contributed by atoms with Crippen LogP contribution in [0.2, 0.25) is 0 Å². The molecule has 1 saturated carbocycles. The van der Waals surface area contributed by atoms with Gasteiger partial charge >= 0.3 is 0 Å². The highest BCUT2D eigenvalue weighted by Gasteiger charge is 2.32. The van der Waals surface area contributed by atoms with Crippen molar-refractivity contribution in [3.05, 3.63) is 59.9 Å². The van der Waals surface area contributed by atoms with Gasteiger partial charge in [-0.2, -0.15) is 0 Å². The van der Waals surface area contributed by atoms with E-state index in [4.69, 9.17) is 4.74 Å². The highest BCUT2D eigenvalue weighted by atomic mass is 19.1. The Hall–Kier alpha value is -2.60. The molecule has 29 heavy (non-hydrogen) atoms. The fraction of sp³-hybridized carbons (Fsp3) is 0.435. The first-order valence-electron chi connectivity index (χ1n) is 10.3. The van der Waals surface area contributed by atoms with Crippen molar-refractivity contribution in [2.75, 3.05) is 44.7 Å². The second-order valence-corrected chi connectivity index (χ2v) is 7.80. The average Bonchev–Trinajstić information content (AvgIpc) is 3.60. The van der Waals surface area contributed by atoms with Gasteiger partial charge in [-0.1, -0.05) is 24.3 Å². The number of benzene rings is 2. The van der Waals surface area contributed by atoms with Crippen LogP contribution in [0.4, 0.5) is 10.1 Å². The van der Waals surface area contributed by atoms with Crippen molar-refractivity contribution >= 4 is 11.6 Å². The fourth-order valence-corrected chi connectivity index (χ4v) is 3.90.